The molecule has 1 saturated carbocycles. The summed E-state index contributed by atoms with van der Waals surface area (Å²) in [5.41, 5.74) is 8.11. The first-order valence-electron chi connectivity index (χ1n) is 7.28. The number of anilines is 1. The van der Waals surface area contributed by atoms with E-state index in [1.54, 1.807) is 0 Å². The lowest BCUT2D eigenvalue weighted by Crippen LogP contribution is -2.44. The molecule has 19 heavy (non-hydrogen) atoms. The zero-order valence-electron chi connectivity index (χ0n) is 11.6. The van der Waals surface area contributed by atoms with Gasteiger partial charge in [0.25, 0.3) is 0 Å². The van der Waals surface area contributed by atoms with E-state index in [9.17, 15) is 0 Å². The summed E-state index contributed by atoms with van der Waals surface area (Å²) in [5.74, 6) is 1.01. The third-order valence-electron chi connectivity index (χ3n) is 4.29. The van der Waals surface area contributed by atoms with Crippen molar-refractivity contribution >= 4 is 5.95 Å². The molecule has 0 aromatic carbocycles. The van der Waals surface area contributed by atoms with Crippen molar-refractivity contribution < 1.29 is 0 Å². The maximum Gasteiger partial charge on any atom is 0.220 e. The topological polar surface area (TPSA) is 67.1 Å². The first-order chi connectivity index (χ1) is 9.22. The Kier molecular flexibility index (Phi) is 3.66. The molecular formula is C14H23N5. The van der Waals surface area contributed by atoms with Crippen molar-refractivity contribution in [2.75, 3.05) is 32.4 Å². The van der Waals surface area contributed by atoms with Gasteiger partial charge in [0.2, 0.25) is 5.95 Å². The average molecular weight is 261 g/mol. The van der Waals surface area contributed by atoms with E-state index in [1.807, 2.05) is 0 Å². The molecule has 0 radical (unpaired) electrons. The maximum absolute atomic E-state index is 5.90. The number of likely N-dealkylation sites (N-methyl/N-ethyl adjacent to an activating group) is 1. The molecule has 2 heterocycles. The first kappa shape index (κ1) is 12.8. The number of aromatic nitrogens is 2. The molecule has 3 rings (SSSR count). The predicted octanol–water partition coefficient (Wildman–Crippen LogP) is 1.29. The van der Waals surface area contributed by atoms with Gasteiger partial charge in [0.05, 0.1) is 11.7 Å². The van der Waals surface area contributed by atoms with Crippen LogP contribution in [-0.4, -0.2) is 41.5 Å². The Labute approximate surface area is 114 Å². The molecule has 1 unspecified atom stereocenters. The molecule has 1 saturated heterocycles. The summed E-state index contributed by atoms with van der Waals surface area (Å²) >= 11 is 0. The summed E-state index contributed by atoms with van der Waals surface area (Å²) in [5, 5.41) is 3.52. The minimum absolute atomic E-state index is 0.282. The lowest BCUT2D eigenvalue weighted by atomic mass is 10.0. The summed E-state index contributed by atoms with van der Waals surface area (Å²) in [6, 6.07) is 2.45. The van der Waals surface area contributed by atoms with Crippen molar-refractivity contribution in [2.45, 2.75) is 37.6 Å². The Bertz CT molecular complexity index is 441. The Morgan fingerprint density at radius 2 is 2.00 bits per heavy atom. The highest BCUT2D eigenvalue weighted by atomic mass is 15.2. The number of nitrogen functional groups attached to an aromatic ring is 1. The summed E-state index contributed by atoms with van der Waals surface area (Å²) in [7, 11) is 2.15. The van der Waals surface area contributed by atoms with Crippen LogP contribution in [0.5, 0.6) is 0 Å². The lowest BCUT2D eigenvalue weighted by molar-refractivity contribution is 0.238. The third-order valence-corrected chi connectivity index (χ3v) is 4.29. The van der Waals surface area contributed by atoms with Crippen molar-refractivity contribution in [1.29, 1.82) is 0 Å². The standard InChI is InChI=1S/C14H23N5/c1-19-7-6-16-13(9-19)12-8-11(17-14(15)18-12)10-4-2-3-5-10/h8,10,13,16H,2-7,9H2,1H3,(H2,15,17,18). The molecule has 0 spiro atoms. The van der Waals surface area contributed by atoms with E-state index < -0.39 is 0 Å². The second-order valence-electron chi connectivity index (χ2n) is 5.83. The number of nitrogens with one attached hydrogen (secondary N) is 1. The van der Waals surface area contributed by atoms with Crippen LogP contribution in [-0.2, 0) is 0 Å². The summed E-state index contributed by atoms with van der Waals surface area (Å²) < 4.78 is 0. The number of hydrogen-bond acceptors (Lipinski definition) is 5. The fourth-order valence-corrected chi connectivity index (χ4v) is 3.21. The highest BCUT2D eigenvalue weighted by molar-refractivity contribution is 5.27. The van der Waals surface area contributed by atoms with Gasteiger partial charge in [-0.2, -0.15) is 0 Å². The Balaban J connectivity index is 1.84. The minimum atomic E-state index is 0.282. The molecule has 5 nitrogen and oxygen atoms in total. The quantitative estimate of drug-likeness (QED) is 0.840. The lowest BCUT2D eigenvalue weighted by Gasteiger charge is -2.30. The number of hydrogen-bond donors (Lipinski definition) is 2. The van der Waals surface area contributed by atoms with Crippen molar-refractivity contribution in [3.05, 3.63) is 17.5 Å². The summed E-state index contributed by atoms with van der Waals surface area (Å²) in [4.78, 5) is 11.2. The second kappa shape index (κ2) is 5.43. The third kappa shape index (κ3) is 2.87. The average Bonchev–Trinajstić information content (AvgIpc) is 2.92. The number of rotatable bonds is 2. The van der Waals surface area contributed by atoms with E-state index in [0.29, 0.717) is 11.9 Å². The van der Waals surface area contributed by atoms with Gasteiger partial charge in [-0.3, -0.25) is 0 Å². The number of piperazine rings is 1. The van der Waals surface area contributed by atoms with Gasteiger partial charge in [0.15, 0.2) is 0 Å². The van der Waals surface area contributed by atoms with Crippen LogP contribution in [0.3, 0.4) is 0 Å². The highest BCUT2D eigenvalue weighted by Gasteiger charge is 2.24. The molecule has 3 N–H and O–H groups in total. The van der Waals surface area contributed by atoms with E-state index >= 15 is 0 Å². The van der Waals surface area contributed by atoms with Gasteiger partial charge in [0, 0.05) is 31.2 Å². The number of nitrogens with two attached hydrogens (primary N) is 1. The Morgan fingerprint density at radius 1 is 1.26 bits per heavy atom. The Hall–Kier alpha value is -1.20. The van der Waals surface area contributed by atoms with Crippen molar-refractivity contribution in [3.8, 4) is 0 Å². The summed E-state index contributed by atoms with van der Waals surface area (Å²) in [6.45, 7) is 3.08. The normalized spacial score (nSPS) is 25.8. The van der Waals surface area contributed by atoms with E-state index in [0.717, 1.165) is 31.0 Å². The molecule has 2 aliphatic rings. The fraction of sp³-hybridized carbons (Fsp3) is 0.714. The van der Waals surface area contributed by atoms with E-state index in [4.69, 9.17) is 5.73 Å². The molecule has 1 aromatic rings. The van der Waals surface area contributed by atoms with Crippen LogP contribution < -0.4 is 11.1 Å². The maximum atomic E-state index is 5.90. The van der Waals surface area contributed by atoms with E-state index in [1.165, 1.54) is 25.7 Å². The summed E-state index contributed by atoms with van der Waals surface area (Å²) in [6.07, 6.45) is 5.12. The molecule has 0 bridgehead atoms. The van der Waals surface area contributed by atoms with E-state index in [2.05, 4.69) is 33.3 Å². The van der Waals surface area contributed by atoms with Crippen LogP contribution in [0.1, 0.15) is 49.0 Å². The second-order valence-corrected chi connectivity index (χ2v) is 5.83. The molecule has 2 fully saturated rings. The van der Waals surface area contributed by atoms with Crippen LogP contribution in [0.4, 0.5) is 5.95 Å². The van der Waals surface area contributed by atoms with Crippen LogP contribution in [0, 0.1) is 0 Å². The largest absolute Gasteiger partial charge is 0.368 e. The Morgan fingerprint density at radius 3 is 2.74 bits per heavy atom. The van der Waals surface area contributed by atoms with Gasteiger partial charge in [-0.15, -0.1) is 0 Å². The van der Waals surface area contributed by atoms with Crippen LogP contribution in [0.25, 0.3) is 0 Å². The van der Waals surface area contributed by atoms with Crippen molar-refractivity contribution in [2.24, 2.45) is 0 Å². The van der Waals surface area contributed by atoms with Gasteiger partial charge < -0.3 is 16.0 Å². The SMILES string of the molecule is CN1CCNC(c2cc(C3CCCC3)nc(N)n2)C1. The fourth-order valence-electron chi connectivity index (χ4n) is 3.21. The van der Waals surface area contributed by atoms with Gasteiger partial charge in [-0.25, -0.2) is 9.97 Å². The molecule has 104 valence electrons. The monoisotopic (exact) mass is 261 g/mol. The van der Waals surface area contributed by atoms with E-state index in [-0.39, 0.29) is 6.04 Å². The van der Waals surface area contributed by atoms with Crippen molar-refractivity contribution in [1.82, 2.24) is 20.2 Å². The highest BCUT2D eigenvalue weighted by Crippen LogP contribution is 2.34. The van der Waals surface area contributed by atoms with Crippen LogP contribution >= 0.6 is 0 Å². The van der Waals surface area contributed by atoms with Crippen molar-refractivity contribution in [3.63, 3.8) is 0 Å². The minimum Gasteiger partial charge on any atom is -0.368 e. The molecule has 1 aliphatic heterocycles. The first-order valence-corrected chi connectivity index (χ1v) is 7.28. The predicted molar refractivity (Wildman–Crippen MR) is 75.9 cm³/mol. The molecular weight excluding hydrogens is 238 g/mol. The zero-order chi connectivity index (χ0) is 13.2. The molecule has 1 aliphatic carbocycles. The van der Waals surface area contributed by atoms with Gasteiger partial charge in [0.1, 0.15) is 0 Å². The number of nitrogens with zero attached hydrogens (tertiary/aromatic N) is 3. The molecule has 0 amide bonds. The van der Waals surface area contributed by atoms with Crippen LogP contribution in [0.2, 0.25) is 0 Å². The molecule has 1 atom stereocenters. The van der Waals surface area contributed by atoms with Gasteiger partial charge in [-0.1, -0.05) is 12.8 Å². The smallest absolute Gasteiger partial charge is 0.220 e. The molecule has 1 aromatic heterocycles. The molecule has 5 heteroatoms. The van der Waals surface area contributed by atoms with Crippen LogP contribution in [0.15, 0.2) is 6.07 Å². The van der Waals surface area contributed by atoms with Gasteiger partial charge >= 0.3 is 0 Å². The zero-order valence-corrected chi connectivity index (χ0v) is 11.6. The van der Waals surface area contributed by atoms with Gasteiger partial charge in [-0.05, 0) is 26.0 Å².